The normalized spacial score (nSPS) is 11.9. The average Bonchev–Trinajstić information content (AvgIpc) is 2.29. The van der Waals surface area contributed by atoms with E-state index in [4.69, 9.17) is 5.73 Å². The summed E-state index contributed by atoms with van der Waals surface area (Å²) in [5, 5.41) is 13.1. The van der Waals surface area contributed by atoms with Crippen molar-refractivity contribution in [2.24, 2.45) is 5.73 Å². The van der Waals surface area contributed by atoms with E-state index in [9.17, 15) is 14.9 Å². The van der Waals surface area contributed by atoms with Crippen molar-refractivity contribution in [3.63, 3.8) is 0 Å². The molecule has 0 spiro atoms. The molecule has 0 bridgehead atoms. The van der Waals surface area contributed by atoms with Crippen LogP contribution in [0.25, 0.3) is 0 Å². The number of nitrogens with one attached hydrogen (secondary N) is 1. The molecular formula is C11H15N3O3. The number of carbonyl (C=O) groups excluding carboxylic acids is 1. The van der Waals surface area contributed by atoms with Crippen molar-refractivity contribution in [1.29, 1.82) is 0 Å². The largest absolute Gasteiger partial charge is 0.354 e. The van der Waals surface area contributed by atoms with Crippen LogP contribution in [-0.4, -0.2) is 23.4 Å². The van der Waals surface area contributed by atoms with Crippen molar-refractivity contribution in [3.05, 3.63) is 39.9 Å². The minimum Gasteiger partial charge on any atom is -0.354 e. The number of nitrogens with zero attached hydrogens (tertiary/aromatic N) is 1. The molecule has 92 valence electrons. The van der Waals surface area contributed by atoms with Gasteiger partial charge in [-0.15, -0.1) is 0 Å². The molecule has 1 rings (SSSR count). The van der Waals surface area contributed by atoms with E-state index in [2.05, 4.69) is 5.32 Å². The lowest BCUT2D eigenvalue weighted by molar-refractivity contribution is -0.384. The second-order valence-electron chi connectivity index (χ2n) is 3.75. The van der Waals surface area contributed by atoms with Gasteiger partial charge in [0.05, 0.1) is 11.0 Å². The zero-order valence-corrected chi connectivity index (χ0v) is 9.55. The van der Waals surface area contributed by atoms with Gasteiger partial charge in [0.15, 0.2) is 0 Å². The number of amides is 1. The fourth-order valence-electron chi connectivity index (χ4n) is 1.28. The Morgan fingerprint density at radius 1 is 1.47 bits per heavy atom. The fourth-order valence-corrected chi connectivity index (χ4v) is 1.28. The Kier molecular flexibility index (Phi) is 4.59. The number of nitrogens with two attached hydrogens (primary N) is 1. The molecule has 0 saturated heterocycles. The monoisotopic (exact) mass is 237 g/mol. The molecule has 6 nitrogen and oxygen atoms in total. The second kappa shape index (κ2) is 5.95. The topological polar surface area (TPSA) is 98.3 Å². The van der Waals surface area contributed by atoms with Gasteiger partial charge >= 0.3 is 0 Å². The van der Waals surface area contributed by atoms with E-state index in [0.29, 0.717) is 13.0 Å². The number of nitro benzene ring substituents is 1. The van der Waals surface area contributed by atoms with Gasteiger partial charge in [0.1, 0.15) is 0 Å². The maximum Gasteiger partial charge on any atom is 0.269 e. The van der Waals surface area contributed by atoms with Crippen LogP contribution in [0.1, 0.15) is 12.5 Å². The first-order valence-electron chi connectivity index (χ1n) is 5.27. The van der Waals surface area contributed by atoms with Gasteiger partial charge in [-0.3, -0.25) is 14.9 Å². The predicted octanol–water partition coefficient (Wildman–Crippen LogP) is 0.601. The molecule has 0 saturated carbocycles. The molecule has 17 heavy (non-hydrogen) atoms. The quantitative estimate of drug-likeness (QED) is 0.578. The second-order valence-corrected chi connectivity index (χ2v) is 3.75. The smallest absolute Gasteiger partial charge is 0.269 e. The highest BCUT2D eigenvalue weighted by molar-refractivity contribution is 5.80. The summed E-state index contributed by atoms with van der Waals surface area (Å²) in [5.41, 5.74) is 6.38. The highest BCUT2D eigenvalue weighted by atomic mass is 16.6. The van der Waals surface area contributed by atoms with Crippen molar-refractivity contribution in [2.75, 3.05) is 6.54 Å². The van der Waals surface area contributed by atoms with Gasteiger partial charge in [-0.1, -0.05) is 12.1 Å². The van der Waals surface area contributed by atoms with Crippen LogP contribution in [-0.2, 0) is 11.2 Å². The molecule has 0 radical (unpaired) electrons. The minimum atomic E-state index is -0.521. The Morgan fingerprint density at radius 3 is 2.53 bits per heavy atom. The van der Waals surface area contributed by atoms with Crippen LogP contribution in [0, 0.1) is 10.1 Å². The summed E-state index contributed by atoms with van der Waals surface area (Å²) in [6.07, 6.45) is 0.621. The number of hydrogen-bond donors (Lipinski definition) is 2. The van der Waals surface area contributed by atoms with Crippen LogP contribution in [0.3, 0.4) is 0 Å². The lowest BCUT2D eigenvalue weighted by atomic mass is 10.1. The standard InChI is InChI=1S/C11H15N3O3/c1-8(12)11(15)13-7-6-9-2-4-10(5-3-9)14(16)17/h2-5,8H,6-7,12H2,1H3,(H,13,15). The number of carbonyl (C=O) groups is 1. The van der Waals surface area contributed by atoms with E-state index in [-0.39, 0.29) is 11.6 Å². The molecule has 1 amide bonds. The molecule has 0 aliphatic heterocycles. The number of benzene rings is 1. The highest BCUT2D eigenvalue weighted by Gasteiger charge is 2.06. The molecule has 1 unspecified atom stereocenters. The molecule has 0 heterocycles. The fraction of sp³-hybridized carbons (Fsp3) is 0.364. The van der Waals surface area contributed by atoms with Crippen LogP contribution in [0.15, 0.2) is 24.3 Å². The van der Waals surface area contributed by atoms with Crippen molar-refractivity contribution in [1.82, 2.24) is 5.32 Å². The molecule has 6 heteroatoms. The van der Waals surface area contributed by atoms with Crippen molar-refractivity contribution in [3.8, 4) is 0 Å². The van der Waals surface area contributed by atoms with E-state index in [0.717, 1.165) is 5.56 Å². The Morgan fingerprint density at radius 2 is 2.06 bits per heavy atom. The molecule has 3 N–H and O–H groups in total. The third-order valence-corrected chi connectivity index (χ3v) is 2.27. The Bertz CT molecular complexity index is 401. The number of rotatable bonds is 5. The molecule has 0 aliphatic rings. The van der Waals surface area contributed by atoms with Gasteiger partial charge in [-0.25, -0.2) is 0 Å². The van der Waals surface area contributed by atoms with Gasteiger partial charge < -0.3 is 11.1 Å². The Balaban J connectivity index is 2.42. The summed E-state index contributed by atoms with van der Waals surface area (Å²) in [6.45, 7) is 2.08. The zero-order chi connectivity index (χ0) is 12.8. The predicted molar refractivity (Wildman–Crippen MR) is 63.5 cm³/mol. The summed E-state index contributed by atoms with van der Waals surface area (Å²) >= 11 is 0. The number of non-ortho nitro benzene ring substituents is 1. The summed E-state index contributed by atoms with van der Waals surface area (Å²) in [5.74, 6) is -0.202. The third-order valence-electron chi connectivity index (χ3n) is 2.27. The Hall–Kier alpha value is -1.95. The van der Waals surface area contributed by atoms with E-state index >= 15 is 0 Å². The number of nitro groups is 1. The van der Waals surface area contributed by atoms with Crippen molar-refractivity contribution >= 4 is 11.6 Å². The van der Waals surface area contributed by atoms with Gasteiger partial charge in [-0.2, -0.15) is 0 Å². The minimum absolute atomic E-state index is 0.0633. The lowest BCUT2D eigenvalue weighted by Gasteiger charge is -2.07. The van der Waals surface area contributed by atoms with E-state index < -0.39 is 11.0 Å². The molecule has 1 atom stereocenters. The first-order valence-corrected chi connectivity index (χ1v) is 5.27. The van der Waals surface area contributed by atoms with E-state index in [1.807, 2.05) is 0 Å². The molecule has 0 fully saturated rings. The van der Waals surface area contributed by atoms with Gasteiger partial charge in [0, 0.05) is 18.7 Å². The van der Waals surface area contributed by atoms with E-state index in [1.165, 1.54) is 12.1 Å². The zero-order valence-electron chi connectivity index (χ0n) is 9.55. The van der Waals surface area contributed by atoms with Crippen molar-refractivity contribution in [2.45, 2.75) is 19.4 Å². The third kappa shape index (κ3) is 4.20. The SMILES string of the molecule is CC(N)C(=O)NCCc1ccc([N+](=O)[O-])cc1. The summed E-state index contributed by atoms with van der Waals surface area (Å²) in [4.78, 5) is 21.1. The molecular weight excluding hydrogens is 222 g/mol. The summed E-state index contributed by atoms with van der Waals surface area (Å²) < 4.78 is 0. The maximum absolute atomic E-state index is 11.2. The van der Waals surface area contributed by atoms with Crippen molar-refractivity contribution < 1.29 is 9.72 Å². The van der Waals surface area contributed by atoms with Crippen LogP contribution in [0.5, 0.6) is 0 Å². The average molecular weight is 237 g/mol. The van der Waals surface area contributed by atoms with Gasteiger partial charge in [-0.05, 0) is 18.9 Å². The number of hydrogen-bond acceptors (Lipinski definition) is 4. The van der Waals surface area contributed by atoms with E-state index in [1.54, 1.807) is 19.1 Å². The maximum atomic E-state index is 11.2. The first kappa shape index (κ1) is 13.1. The lowest BCUT2D eigenvalue weighted by Crippen LogP contribution is -2.39. The van der Waals surface area contributed by atoms with Gasteiger partial charge in [0.25, 0.3) is 5.69 Å². The molecule has 0 aromatic heterocycles. The molecule has 1 aromatic carbocycles. The summed E-state index contributed by atoms with van der Waals surface area (Å²) in [7, 11) is 0. The summed E-state index contributed by atoms with van der Waals surface area (Å²) in [6, 6.07) is 5.73. The molecule has 1 aromatic rings. The van der Waals surface area contributed by atoms with Crippen LogP contribution in [0.2, 0.25) is 0 Å². The Labute approximate surface area is 99.0 Å². The highest BCUT2D eigenvalue weighted by Crippen LogP contribution is 2.11. The van der Waals surface area contributed by atoms with Crippen LogP contribution < -0.4 is 11.1 Å². The molecule has 0 aliphatic carbocycles. The van der Waals surface area contributed by atoms with Gasteiger partial charge in [0.2, 0.25) is 5.91 Å². The van der Waals surface area contributed by atoms with Crippen LogP contribution >= 0.6 is 0 Å². The first-order chi connectivity index (χ1) is 8.00. The van der Waals surface area contributed by atoms with Crippen LogP contribution in [0.4, 0.5) is 5.69 Å².